The van der Waals surface area contributed by atoms with Gasteiger partial charge in [0.2, 0.25) is 0 Å². The van der Waals surface area contributed by atoms with Crippen LogP contribution >= 0.6 is 11.3 Å². The summed E-state index contributed by atoms with van der Waals surface area (Å²) in [5.41, 5.74) is 10.9. The average molecular weight is 846 g/mol. The summed E-state index contributed by atoms with van der Waals surface area (Å²) in [7, 11) is 0. The lowest BCUT2D eigenvalue weighted by Gasteiger charge is -2.30. The molecule has 0 saturated carbocycles. The first kappa shape index (κ1) is 37.7. The van der Waals surface area contributed by atoms with Crippen LogP contribution in [-0.4, -0.2) is 0 Å². The van der Waals surface area contributed by atoms with Crippen LogP contribution < -0.4 is 4.90 Å². The number of hydrogen-bond acceptors (Lipinski definition) is 2. The molecule has 0 unspecified atom stereocenters. The van der Waals surface area contributed by atoms with Crippen LogP contribution in [-0.2, 0) is 5.41 Å². The number of rotatable bonds is 4. The maximum Gasteiger partial charge on any atom is 0.0540 e. The van der Waals surface area contributed by atoms with E-state index in [-0.39, 0.29) is 5.41 Å². The largest absolute Gasteiger partial charge is 0.310 e. The van der Waals surface area contributed by atoms with Crippen LogP contribution in [0.15, 0.2) is 224 Å². The first-order valence-corrected chi connectivity index (χ1v) is 23.4. The molecule has 11 aromatic carbocycles. The van der Waals surface area contributed by atoms with E-state index in [0.29, 0.717) is 0 Å². The van der Waals surface area contributed by atoms with Crippen molar-refractivity contribution in [2.75, 3.05) is 4.90 Å². The third kappa shape index (κ3) is 5.77. The quantitative estimate of drug-likeness (QED) is 0.171. The number of fused-ring (bicyclic) bond motifs is 17. The highest BCUT2D eigenvalue weighted by Gasteiger charge is 2.36. The summed E-state index contributed by atoms with van der Waals surface area (Å²) in [5.74, 6) is 0. The maximum atomic E-state index is 2.51. The van der Waals surface area contributed by atoms with E-state index in [1.165, 1.54) is 107 Å². The zero-order chi connectivity index (χ0) is 43.2. The molecule has 1 heterocycles. The van der Waals surface area contributed by atoms with Gasteiger partial charge in [-0.05, 0) is 124 Å². The number of anilines is 3. The number of para-hydroxylation sites is 1. The second-order valence-electron chi connectivity index (χ2n) is 17.9. The Morgan fingerprint density at radius 3 is 1.54 bits per heavy atom. The van der Waals surface area contributed by atoms with Crippen molar-refractivity contribution >= 4 is 102 Å². The molecule has 1 aliphatic carbocycles. The molecule has 0 saturated heterocycles. The van der Waals surface area contributed by atoms with Crippen molar-refractivity contribution in [2.45, 2.75) is 19.3 Å². The van der Waals surface area contributed by atoms with E-state index < -0.39 is 0 Å². The molecule has 0 amide bonds. The molecule has 1 aromatic heterocycles. The molecule has 2 heteroatoms. The molecular formula is C63H43NS. The van der Waals surface area contributed by atoms with E-state index in [1.807, 2.05) is 11.3 Å². The predicted octanol–water partition coefficient (Wildman–Crippen LogP) is 18.4. The number of thiophene rings is 1. The Labute approximate surface area is 382 Å². The van der Waals surface area contributed by atoms with Crippen LogP contribution in [0.2, 0.25) is 0 Å². The minimum atomic E-state index is -0.156. The molecule has 1 aliphatic rings. The van der Waals surface area contributed by atoms with Crippen LogP contribution in [0.1, 0.15) is 25.0 Å². The molecule has 0 fully saturated rings. The van der Waals surface area contributed by atoms with E-state index in [1.54, 1.807) is 0 Å². The van der Waals surface area contributed by atoms with Gasteiger partial charge in [-0.3, -0.25) is 0 Å². The van der Waals surface area contributed by atoms with Gasteiger partial charge in [0, 0.05) is 42.5 Å². The number of hydrogen-bond donors (Lipinski definition) is 0. The molecule has 0 atom stereocenters. The van der Waals surface area contributed by atoms with Gasteiger partial charge in [-0.1, -0.05) is 196 Å². The molecule has 0 bridgehead atoms. The van der Waals surface area contributed by atoms with Crippen LogP contribution in [0.25, 0.3) is 96.3 Å². The summed E-state index contributed by atoms with van der Waals surface area (Å²) < 4.78 is 2.60. The van der Waals surface area contributed by atoms with Gasteiger partial charge < -0.3 is 4.90 Å². The summed E-state index contributed by atoms with van der Waals surface area (Å²) in [6.45, 7) is 4.75. The lowest BCUT2D eigenvalue weighted by Crippen LogP contribution is -2.16. The number of nitrogens with zero attached hydrogens (tertiary/aromatic N) is 1. The van der Waals surface area contributed by atoms with Crippen molar-refractivity contribution in [1.82, 2.24) is 0 Å². The molecule has 12 aromatic rings. The summed E-state index contributed by atoms with van der Waals surface area (Å²) in [6.07, 6.45) is 0. The third-order valence-electron chi connectivity index (χ3n) is 14.1. The second kappa shape index (κ2) is 14.6. The van der Waals surface area contributed by atoms with Gasteiger partial charge in [-0.25, -0.2) is 0 Å². The van der Waals surface area contributed by atoms with E-state index in [4.69, 9.17) is 0 Å². The van der Waals surface area contributed by atoms with Crippen molar-refractivity contribution < 1.29 is 0 Å². The average Bonchev–Trinajstić information content (AvgIpc) is 3.85. The fourth-order valence-corrected chi connectivity index (χ4v) is 12.2. The summed E-state index contributed by atoms with van der Waals surface area (Å²) in [4.78, 5) is 2.51. The third-order valence-corrected chi connectivity index (χ3v) is 15.2. The van der Waals surface area contributed by atoms with Gasteiger partial charge in [-0.2, -0.15) is 0 Å². The summed E-state index contributed by atoms with van der Waals surface area (Å²) in [6, 6.07) is 83.8. The van der Waals surface area contributed by atoms with Crippen molar-refractivity contribution in [2.24, 2.45) is 0 Å². The fraction of sp³-hybridized carbons (Fsp3) is 0.0476. The Hall–Kier alpha value is -7.78. The molecular weight excluding hydrogens is 803 g/mol. The molecule has 0 radical (unpaired) electrons. The van der Waals surface area contributed by atoms with Crippen molar-refractivity contribution in [3.63, 3.8) is 0 Å². The molecule has 13 rings (SSSR count). The summed E-state index contributed by atoms with van der Waals surface area (Å²) in [5, 5.41) is 14.9. The molecule has 1 nitrogen and oxygen atoms in total. The maximum absolute atomic E-state index is 2.51. The van der Waals surface area contributed by atoms with Crippen molar-refractivity contribution in [3.8, 4) is 22.3 Å². The Morgan fingerprint density at radius 1 is 0.323 bits per heavy atom. The Morgan fingerprint density at radius 2 is 0.815 bits per heavy atom. The lowest BCUT2D eigenvalue weighted by molar-refractivity contribution is 0.660. The van der Waals surface area contributed by atoms with Crippen LogP contribution in [0.5, 0.6) is 0 Å². The van der Waals surface area contributed by atoms with Crippen LogP contribution in [0.3, 0.4) is 0 Å². The van der Waals surface area contributed by atoms with Gasteiger partial charge in [-0.15, -0.1) is 11.3 Å². The Kier molecular flexibility index (Phi) is 8.50. The first-order chi connectivity index (χ1) is 32.0. The van der Waals surface area contributed by atoms with Gasteiger partial charge in [0.05, 0.1) is 5.69 Å². The van der Waals surface area contributed by atoms with Crippen LogP contribution in [0, 0.1) is 0 Å². The lowest BCUT2D eigenvalue weighted by atomic mass is 9.82. The molecule has 0 N–H and O–H groups in total. The Balaban J connectivity index is 1.22. The van der Waals surface area contributed by atoms with Gasteiger partial charge in [0.15, 0.2) is 0 Å². The highest BCUT2D eigenvalue weighted by molar-refractivity contribution is 7.26. The monoisotopic (exact) mass is 845 g/mol. The highest BCUT2D eigenvalue weighted by atomic mass is 32.1. The smallest absolute Gasteiger partial charge is 0.0540 e. The van der Waals surface area contributed by atoms with E-state index in [2.05, 4.69) is 243 Å². The Bertz CT molecular complexity index is 3990. The van der Waals surface area contributed by atoms with Crippen molar-refractivity contribution in [1.29, 1.82) is 0 Å². The van der Waals surface area contributed by atoms with E-state index in [0.717, 1.165) is 17.1 Å². The second-order valence-corrected chi connectivity index (χ2v) is 19.0. The van der Waals surface area contributed by atoms with Crippen molar-refractivity contribution in [3.05, 3.63) is 236 Å². The minimum absolute atomic E-state index is 0.156. The summed E-state index contributed by atoms with van der Waals surface area (Å²) >= 11 is 1.88. The topological polar surface area (TPSA) is 3.24 Å². The standard InChI is InChI=1S/C63H43NS/c1-63(2)56-29-15-12-26-50(56)51-35-33-42(39-57(51)63)64(58-30-16-13-20-43(58)40-18-4-3-5-19-40)41-32-34-49-47-24-9-7-22-45(47)44-21-6-8-23-46(44)48-25-10-11-27-52(48)61-53(55(49)38-41)36-37-60-62(61)54-28-14-17-31-59(54)65-60/h3-39H,1-2H3. The van der Waals surface area contributed by atoms with E-state index >= 15 is 0 Å². The highest BCUT2D eigenvalue weighted by Crippen LogP contribution is 2.52. The predicted molar refractivity (Wildman–Crippen MR) is 282 cm³/mol. The van der Waals surface area contributed by atoms with Gasteiger partial charge >= 0.3 is 0 Å². The van der Waals surface area contributed by atoms with E-state index in [9.17, 15) is 0 Å². The zero-order valence-corrected chi connectivity index (χ0v) is 37.0. The van der Waals surface area contributed by atoms with Gasteiger partial charge in [0.1, 0.15) is 0 Å². The molecule has 0 spiro atoms. The fourth-order valence-electron chi connectivity index (χ4n) is 11.1. The zero-order valence-electron chi connectivity index (χ0n) is 36.2. The number of benzene rings is 10. The SMILES string of the molecule is CC1(C)c2ccccc2-c2ccc(N(c3ccc4c5ccccc5c5ccccc5c5ccccc5c5c(ccc6sc7ccccc7c65)c4c3)c3ccccc3-c3ccccc3)cc21. The molecule has 0 aliphatic heterocycles. The first-order valence-electron chi connectivity index (χ1n) is 22.6. The normalized spacial score (nSPS) is 12.9. The van der Waals surface area contributed by atoms with Crippen LogP contribution in [0.4, 0.5) is 17.1 Å². The minimum Gasteiger partial charge on any atom is -0.310 e. The van der Waals surface area contributed by atoms with Gasteiger partial charge in [0.25, 0.3) is 0 Å². The molecule has 65 heavy (non-hydrogen) atoms. The molecule has 306 valence electrons.